The van der Waals surface area contributed by atoms with Crippen LogP contribution >= 0.6 is 0 Å². The molecule has 0 saturated carbocycles. The maximum atomic E-state index is 15.0. The monoisotopic (exact) mass is 376 g/mol. The highest BCUT2D eigenvalue weighted by Crippen LogP contribution is 2.36. The second kappa shape index (κ2) is 6.83. The Kier molecular flexibility index (Phi) is 4.16. The van der Waals surface area contributed by atoms with Crippen LogP contribution in [0.1, 0.15) is 6.42 Å². The Labute approximate surface area is 162 Å². The molecule has 142 valence electrons. The smallest absolute Gasteiger partial charge is 0.165 e. The van der Waals surface area contributed by atoms with Gasteiger partial charge >= 0.3 is 0 Å². The first-order valence-corrected chi connectivity index (χ1v) is 9.50. The highest BCUT2D eigenvalue weighted by atomic mass is 19.1. The van der Waals surface area contributed by atoms with Crippen LogP contribution in [0.4, 0.5) is 10.1 Å². The van der Waals surface area contributed by atoms with Crippen LogP contribution in [0, 0.1) is 5.82 Å². The molecule has 0 spiro atoms. The van der Waals surface area contributed by atoms with Crippen LogP contribution < -0.4 is 4.90 Å². The number of nitrogens with one attached hydrogen (secondary N) is 1. The number of rotatable bonds is 2. The van der Waals surface area contributed by atoms with E-state index in [9.17, 15) is 0 Å². The molecule has 28 heavy (non-hydrogen) atoms. The molecule has 0 unspecified atom stereocenters. The molecule has 1 fully saturated rings. The summed E-state index contributed by atoms with van der Waals surface area (Å²) in [5.41, 5.74) is 3.92. The van der Waals surface area contributed by atoms with E-state index in [1.54, 1.807) is 18.6 Å². The fourth-order valence-electron chi connectivity index (χ4n) is 3.97. The van der Waals surface area contributed by atoms with E-state index in [2.05, 4.69) is 36.8 Å². The van der Waals surface area contributed by atoms with Crippen LogP contribution in [0.2, 0.25) is 0 Å². The molecule has 4 aromatic rings. The number of halogens is 1. The lowest BCUT2D eigenvalue weighted by molar-refractivity contribution is 0.360. The number of aromatic amines is 1. The molecule has 1 N–H and O–H groups in total. The second-order valence-electron chi connectivity index (χ2n) is 7.30. The number of nitrogens with zero attached hydrogens (tertiary/aromatic N) is 5. The lowest BCUT2D eigenvalue weighted by Gasteiger charge is -2.24. The lowest BCUT2D eigenvalue weighted by atomic mass is 10.1. The van der Waals surface area contributed by atoms with Gasteiger partial charge in [-0.3, -0.25) is 9.97 Å². The van der Waals surface area contributed by atoms with Crippen molar-refractivity contribution in [1.29, 1.82) is 0 Å². The summed E-state index contributed by atoms with van der Waals surface area (Å²) in [6, 6.07) is 5.86. The molecule has 7 heteroatoms. The van der Waals surface area contributed by atoms with Crippen LogP contribution in [0.15, 0.2) is 43.0 Å². The standard InChI is InChI=1S/C21H21FN6/c1-27-6-3-7-28(9-8-27)20-16(22)12-25-21-19(20)15-10-17(24-13-18(15)26-21)14-4-2-5-23-11-14/h2,4-5,10-13H,3,6-9H2,1H3,(H,25,26). The van der Waals surface area contributed by atoms with Crippen LogP contribution in [-0.2, 0) is 0 Å². The molecule has 0 atom stereocenters. The van der Waals surface area contributed by atoms with Crippen LogP contribution in [0.5, 0.6) is 0 Å². The Balaban J connectivity index is 1.72. The molecule has 0 bridgehead atoms. The van der Waals surface area contributed by atoms with Gasteiger partial charge in [-0.15, -0.1) is 0 Å². The van der Waals surface area contributed by atoms with Gasteiger partial charge in [0.05, 0.1) is 34.7 Å². The summed E-state index contributed by atoms with van der Waals surface area (Å²) in [6.45, 7) is 3.55. The van der Waals surface area contributed by atoms with E-state index in [-0.39, 0.29) is 5.82 Å². The summed E-state index contributed by atoms with van der Waals surface area (Å²) >= 11 is 0. The average Bonchev–Trinajstić information content (AvgIpc) is 2.95. The number of fused-ring (bicyclic) bond motifs is 3. The van der Waals surface area contributed by atoms with Crippen LogP contribution in [0.3, 0.4) is 0 Å². The summed E-state index contributed by atoms with van der Waals surface area (Å²) in [6.07, 6.45) is 7.63. The van der Waals surface area contributed by atoms with Crippen molar-refractivity contribution in [2.45, 2.75) is 6.42 Å². The fraction of sp³-hybridized carbons (Fsp3) is 0.286. The number of hydrogen-bond acceptors (Lipinski definition) is 5. The number of anilines is 1. The quantitative estimate of drug-likeness (QED) is 0.581. The van der Waals surface area contributed by atoms with Gasteiger partial charge in [-0.05, 0) is 38.2 Å². The topological polar surface area (TPSA) is 60.9 Å². The van der Waals surface area contributed by atoms with E-state index in [0.29, 0.717) is 11.3 Å². The Bertz CT molecular complexity index is 1140. The molecule has 6 nitrogen and oxygen atoms in total. The first-order valence-electron chi connectivity index (χ1n) is 9.50. The molecule has 1 saturated heterocycles. The van der Waals surface area contributed by atoms with Crippen molar-refractivity contribution < 1.29 is 4.39 Å². The zero-order valence-electron chi connectivity index (χ0n) is 15.7. The number of likely N-dealkylation sites (N-methyl/N-ethyl adjacent to an activating group) is 1. The van der Waals surface area contributed by atoms with E-state index in [1.165, 1.54) is 6.20 Å². The predicted molar refractivity (Wildman–Crippen MR) is 109 cm³/mol. The Morgan fingerprint density at radius 3 is 2.86 bits per heavy atom. The molecule has 5 heterocycles. The fourth-order valence-corrected chi connectivity index (χ4v) is 3.97. The van der Waals surface area contributed by atoms with Crippen LogP contribution in [0.25, 0.3) is 33.2 Å². The van der Waals surface area contributed by atoms with Gasteiger partial charge in [0.1, 0.15) is 5.65 Å². The van der Waals surface area contributed by atoms with E-state index >= 15 is 4.39 Å². The first kappa shape index (κ1) is 17.1. The summed E-state index contributed by atoms with van der Waals surface area (Å²) in [5.74, 6) is -0.280. The molecular formula is C21H21FN6. The van der Waals surface area contributed by atoms with Gasteiger partial charge < -0.3 is 14.8 Å². The van der Waals surface area contributed by atoms with Crippen molar-refractivity contribution in [3.63, 3.8) is 0 Å². The molecule has 0 aliphatic carbocycles. The highest BCUT2D eigenvalue weighted by molar-refractivity contribution is 6.12. The van der Waals surface area contributed by atoms with Gasteiger partial charge in [0.15, 0.2) is 5.82 Å². The maximum Gasteiger partial charge on any atom is 0.165 e. The third-order valence-electron chi connectivity index (χ3n) is 5.43. The van der Waals surface area contributed by atoms with Crippen molar-refractivity contribution in [2.75, 3.05) is 38.1 Å². The first-order chi connectivity index (χ1) is 13.7. The summed E-state index contributed by atoms with van der Waals surface area (Å²) in [5, 5.41) is 1.76. The zero-order valence-corrected chi connectivity index (χ0v) is 15.7. The Hall–Kier alpha value is -3.06. The van der Waals surface area contributed by atoms with Crippen molar-refractivity contribution in [1.82, 2.24) is 24.8 Å². The van der Waals surface area contributed by atoms with Crippen molar-refractivity contribution in [3.05, 3.63) is 48.8 Å². The second-order valence-corrected chi connectivity index (χ2v) is 7.30. The molecule has 0 radical (unpaired) electrons. The lowest BCUT2D eigenvalue weighted by Crippen LogP contribution is -2.29. The number of H-pyrrole nitrogens is 1. The minimum absolute atomic E-state index is 0.280. The number of hydrogen-bond donors (Lipinski definition) is 1. The van der Waals surface area contributed by atoms with Crippen molar-refractivity contribution in [3.8, 4) is 11.3 Å². The Morgan fingerprint density at radius 1 is 1.07 bits per heavy atom. The largest absolute Gasteiger partial charge is 0.367 e. The Morgan fingerprint density at radius 2 is 2.00 bits per heavy atom. The van der Waals surface area contributed by atoms with Crippen LogP contribution in [-0.4, -0.2) is 58.1 Å². The number of aromatic nitrogens is 4. The van der Waals surface area contributed by atoms with Crippen molar-refractivity contribution >= 4 is 27.6 Å². The molecule has 4 aromatic heterocycles. The molecule has 5 rings (SSSR count). The third-order valence-corrected chi connectivity index (χ3v) is 5.43. The minimum Gasteiger partial charge on any atom is -0.367 e. The molecule has 0 amide bonds. The summed E-state index contributed by atoms with van der Waals surface area (Å²) < 4.78 is 15.0. The maximum absolute atomic E-state index is 15.0. The van der Waals surface area contributed by atoms with E-state index < -0.39 is 0 Å². The molecule has 1 aliphatic heterocycles. The average molecular weight is 376 g/mol. The van der Waals surface area contributed by atoms with E-state index in [1.807, 2.05) is 18.2 Å². The van der Waals surface area contributed by atoms with Gasteiger partial charge in [-0.2, -0.15) is 0 Å². The molecule has 1 aliphatic rings. The normalized spacial score (nSPS) is 16.0. The van der Waals surface area contributed by atoms with Gasteiger partial charge in [0, 0.05) is 43.0 Å². The molecule has 0 aromatic carbocycles. The zero-order chi connectivity index (χ0) is 19.1. The number of pyridine rings is 3. The van der Waals surface area contributed by atoms with Crippen molar-refractivity contribution in [2.24, 2.45) is 0 Å². The minimum atomic E-state index is -0.280. The van der Waals surface area contributed by atoms with Gasteiger partial charge in [0.25, 0.3) is 0 Å². The van der Waals surface area contributed by atoms with E-state index in [4.69, 9.17) is 0 Å². The molecular weight excluding hydrogens is 355 g/mol. The van der Waals surface area contributed by atoms with E-state index in [0.717, 1.165) is 60.1 Å². The summed E-state index contributed by atoms with van der Waals surface area (Å²) in [4.78, 5) is 20.8. The highest BCUT2D eigenvalue weighted by Gasteiger charge is 2.22. The predicted octanol–water partition coefficient (Wildman–Crippen LogP) is 3.45. The van der Waals surface area contributed by atoms with Gasteiger partial charge in [-0.25, -0.2) is 9.37 Å². The van der Waals surface area contributed by atoms with Gasteiger partial charge in [-0.1, -0.05) is 0 Å². The third kappa shape index (κ3) is 2.88. The summed E-state index contributed by atoms with van der Waals surface area (Å²) in [7, 11) is 2.11. The van der Waals surface area contributed by atoms with Gasteiger partial charge in [0.2, 0.25) is 0 Å². The SMILES string of the molecule is CN1CCCN(c2c(F)cnc3[nH]c4cnc(-c5cccnc5)cc4c23)CC1.